The van der Waals surface area contributed by atoms with Gasteiger partial charge in [-0.1, -0.05) is 29.4 Å². The van der Waals surface area contributed by atoms with E-state index in [9.17, 15) is 9.59 Å². The van der Waals surface area contributed by atoms with Gasteiger partial charge in [-0.3, -0.25) is 14.6 Å². The summed E-state index contributed by atoms with van der Waals surface area (Å²) in [4.78, 5) is 28.5. The molecule has 1 aromatic carbocycles. The van der Waals surface area contributed by atoms with Crippen LogP contribution in [0.1, 0.15) is 18.9 Å². The van der Waals surface area contributed by atoms with Crippen LogP contribution in [0, 0.1) is 6.92 Å². The van der Waals surface area contributed by atoms with Gasteiger partial charge in [-0.15, -0.1) is 0 Å². The minimum Gasteiger partial charge on any atom is -0.382 e. The molecule has 1 aliphatic rings. The summed E-state index contributed by atoms with van der Waals surface area (Å²) in [5.41, 5.74) is 1.55. The number of thioether (sulfide) groups is 1. The van der Waals surface area contributed by atoms with Gasteiger partial charge in [-0.05, 0) is 31.5 Å². The molecule has 2 atom stereocenters. The van der Waals surface area contributed by atoms with Gasteiger partial charge < -0.3 is 15.4 Å². The largest absolute Gasteiger partial charge is 0.382 e. The Balaban J connectivity index is 1.92. The Morgan fingerprint density at radius 1 is 1.54 bits per heavy atom. The molecule has 0 aromatic heterocycles. The molecular weight excluding hydrogens is 350 g/mol. The van der Waals surface area contributed by atoms with Crippen LogP contribution < -0.4 is 10.6 Å². The van der Waals surface area contributed by atoms with Gasteiger partial charge in [-0.2, -0.15) is 0 Å². The summed E-state index contributed by atoms with van der Waals surface area (Å²) in [5.74, 6) is -0.450. The van der Waals surface area contributed by atoms with Gasteiger partial charge in [0.25, 0.3) is 0 Å². The molecule has 6 nitrogen and oxygen atoms in total. The maximum Gasteiger partial charge on any atom is 0.240 e. The van der Waals surface area contributed by atoms with E-state index in [0.717, 1.165) is 5.56 Å². The molecule has 0 saturated carbocycles. The third kappa shape index (κ3) is 5.22. The molecule has 8 heteroatoms. The Morgan fingerprint density at radius 3 is 2.96 bits per heavy atom. The number of benzene rings is 1. The van der Waals surface area contributed by atoms with Crippen molar-refractivity contribution in [1.82, 2.24) is 5.32 Å². The number of halogens is 1. The Kier molecular flexibility index (Phi) is 6.65. The SMILES string of the molecule is COCC(C)N=C1NC(=O)C(CC(=O)Nc2ccc(C)c(Cl)c2)S1. The number of hydrogen-bond donors (Lipinski definition) is 2. The lowest BCUT2D eigenvalue weighted by atomic mass is 10.2. The lowest BCUT2D eigenvalue weighted by Crippen LogP contribution is -2.28. The minimum atomic E-state index is -0.487. The standard InChI is InChI=1S/C16H20ClN3O3S/c1-9-4-5-11(6-12(9)17)19-14(21)7-13-15(22)20-16(24-13)18-10(2)8-23-3/h4-6,10,13H,7-8H2,1-3H3,(H,19,21)(H,18,20,22). The molecule has 1 aliphatic heterocycles. The summed E-state index contributed by atoms with van der Waals surface area (Å²) in [5, 5.41) is 6.08. The Morgan fingerprint density at radius 2 is 2.29 bits per heavy atom. The van der Waals surface area contributed by atoms with E-state index in [-0.39, 0.29) is 24.3 Å². The van der Waals surface area contributed by atoms with E-state index < -0.39 is 5.25 Å². The number of amides is 2. The first kappa shape index (κ1) is 18.8. The summed E-state index contributed by atoms with van der Waals surface area (Å²) < 4.78 is 5.01. The molecule has 24 heavy (non-hydrogen) atoms. The number of rotatable bonds is 6. The first-order valence-electron chi connectivity index (χ1n) is 7.49. The Labute approximate surface area is 150 Å². The van der Waals surface area contributed by atoms with Crippen molar-refractivity contribution < 1.29 is 14.3 Å². The van der Waals surface area contributed by atoms with Crippen molar-refractivity contribution >= 4 is 46.0 Å². The zero-order valence-electron chi connectivity index (χ0n) is 13.8. The molecule has 1 saturated heterocycles. The van der Waals surface area contributed by atoms with E-state index in [1.807, 2.05) is 19.9 Å². The van der Waals surface area contributed by atoms with Gasteiger partial charge in [0.15, 0.2) is 5.17 Å². The van der Waals surface area contributed by atoms with Gasteiger partial charge in [-0.25, -0.2) is 0 Å². The number of hydrogen-bond acceptors (Lipinski definition) is 5. The van der Waals surface area contributed by atoms with Crippen LogP contribution in [0.4, 0.5) is 5.69 Å². The van der Waals surface area contributed by atoms with E-state index >= 15 is 0 Å². The molecule has 0 spiro atoms. The van der Waals surface area contributed by atoms with Crippen LogP contribution in [0.2, 0.25) is 5.02 Å². The number of aryl methyl sites for hydroxylation is 1. The van der Waals surface area contributed by atoms with Crippen LogP contribution in [0.5, 0.6) is 0 Å². The van der Waals surface area contributed by atoms with Crippen molar-refractivity contribution in [3.8, 4) is 0 Å². The zero-order valence-corrected chi connectivity index (χ0v) is 15.3. The van der Waals surface area contributed by atoms with Crippen molar-refractivity contribution in [2.24, 2.45) is 4.99 Å². The molecular formula is C16H20ClN3O3S. The maximum absolute atomic E-state index is 12.1. The number of carbonyl (C=O) groups excluding carboxylic acids is 2. The third-order valence-corrected chi connectivity index (χ3v) is 4.85. The van der Waals surface area contributed by atoms with Gasteiger partial charge in [0.05, 0.1) is 12.6 Å². The summed E-state index contributed by atoms with van der Waals surface area (Å²) in [6, 6.07) is 5.24. The number of anilines is 1. The highest BCUT2D eigenvalue weighted by Gasteiger charge is 2.32. The second kappa shape index (κ2) is 8.50. The van der Waals surface area contributed by atoms with Crippen LogP contribution in [0.15, 0.2) is 23.2 Å². The van der Waals surface area contributed by atoms with Crippen molar-refractivity contribution in [2.75, 3.05) is 19.0 Å². The lowest BCUT2D eigenvalue weighted by Gasteiger charge is -2.08. The molecule has 2 rings (SSSR count). The number of aliphatic imine (C=N–C) groups is 1. The molecule has 130 valence electrons. The van der Waals surface area contributed by atoms with Gasteiger partial charge in [0, 0.05) is 24.2 Å². The highest BCUT2D eigenvalue weighted by atomic mass is 35.5. The molecule has 1 fully saturated rings. The fraction of sp³-hybridized carbons (Fsp3) is 0.438. The zero-order chi connectivity index (χ0) is 17.7. The molecule has 0 bridgehead atoms. The number of nitrogens with zero attached hydrogens (tertiary/aromatic N) is 1. The average molecular weight is 370 g/mol. The van der Waals surface area contributed by atoms with Crippen LogP contribution in [0.3, 0.4) is 0 Å². The summed E-state index contributed by atoms with van der Waals surface area (Å²) in [6.07, 6.45) is 0.0691. The highest BCUT2D eigenvalue weighted by molar-refractivity contribution is 8.15. The van der Waals surface area contributed by atoms with E-state index in [1.54, 1.807) is 19.2 Å². The first-order chi connectivity index (χ1) is 11.4. The first-order valence-corrected chi connectivity index (χ1v) is 8.75. The summed E-state index contributed by atoms with van der Waals surface area (Å²) >= 11 is 7.30. The molecule has 2 unspecified atom stereocenters. The van der Waals surface area contributed by atoms with Crippen molar-refractivity contribution in [3.05, 3.63) is 28.8 Å². The Hall–Kier alpha value is -1.57. The molecule has 1 heterocycles. The van der Waals surface area contributed by atoms with Gasteiger partial charge >= 0.3 is 0 Å². The summed E-state index contributed by atoms with van der Waals surface area (Å²) in [7, 11) is 1.60. The number of nitrogens with one attached hydrogen (secondary N) is 2. The predicted octanol–water partition coefficient (Wildman–Crippen LogP) is 2.60. The van der Waals surface area contributed by atoms with E-state index in [2.05, 4.69) is 15.6 Å². The Bertz CT molecular complexity index is 666. The van der Waals surface area contributed by atoms with Crippen LogP contribution in [0.25, 0.3) is 0 Å². The highest BCUT2D eigenvalue weighted by Crippen LogP contribution is 2.24. The minimum absolute atomic E-state index is 0.0555. The second-order valence-electron chi connectivity index (χ2n) is 5.55. The lowest BCUT2D eigenvalue weighted by molar-refractivity contribution is -0.122. The van der Waals surface area contributed by atoms with Crippen molar-refractivity contribution in [1.29, 1.82) is 0 Å². The normalized spacial score (nSPS) is 20.1. The molecule has 1 aromatic rings. The monoisotopic (exact) mass is 369 g/mol. The van der Waals surface area contributed by atoms with E-state index in [1.165, 1.54) is 11.8 Å². The number of carbonyl (C=O) groups is 2. The summed E-state index contributed by atoms with van der Waals surface area (Å²) in [6.45, 7) is 4.25. The molecule has 0 radical (unpaired) electrons. The number of ether oxygens (including phenoxy) is 1. The fourth-order valence-electron chi connectivity index (χ4n) is 2.13. The van der Waals surface area contributed by atoms with Gasteiger partial charge in [0.1, 0.15) is 5.25 Å². The maximum atomic E-state index is 12.1. The average Bonchev–Trinajstić information content (AvgIpc) is 2.82. The van der Waals surface area contributed by atoms with Crippen LogP contribution in [-0.2, 0) is 14.3 Å². The predicted molar refractivity (Wildman–Crippen MR) is 97.7 cm³/mol. The van der Waals surface area contributed by atoms with E-state index in [4.69, 9.17) is 16.3 Å². The van der Waals surface area contributed by atoms with E-state index in [0.29, 0.717) is 22.5 Å². The molecule has 2 N–H and O–H groups in total. The fourth-order valence-corrected chi connectivity index (χ4v) is 3.38. The van der Waals surface area contributed by atoms with Crippen LogP contribution in [-0.4, -0.2) is 42.0 Å². The topological polar surface area (TPSA) is 79.8 Å². The van der Waals surface area contributed by atoms with Crippen molar-refractivity contribution in [3.63, 3.8) is 0 Å². The van der Waals surface area contributed by atoms with Gasteiger partial charge in [0.2, 0.25) is 11.8 Å². The molecule has 0 aliphatic carbocycles. The second-order valence-corrected chi connectivity index (χ2v) is 7.15. The number of methoxy groups -OCH3 is 1. The smallest absolute Gasteiger partial charge is 0.240 e. The van der Waals surface area contributed by atoms with Crippen LogP contribution >= 0.6 is 23.4 Å². The quantitative estimate of drug-likeness (QED) is 0.807. The van der Waals surface area contributed by atoms with Crippen molar-refractivity contribution in [2.45, 2.75) is 31.6 Å². The number of amidine groups is 1. The third-order valence-electron chi connectivity index (χ3n) is 3.35. The molecule has 2 amide bonds.